The minimum Gasteiger partial charge on any atom is -0.478 e. The number of aryl methyl sites for hydroxylation is 2. The lowest BCUT2D eigenvalue weighted by molar-refractivity contribution is -0.113. The van der Waals surface area contributed by atoms with E-state index in [0.29, 0.717) is 16.8 Å². The molecule has 6 nitrogen and oxygen atoms in total. The Morgan fingerprint density at radius 1 is 1.18 bits per heavy atom. The monoisotopic (exact) mass is 327 g/mol. The van der Waals surface area contributed by atoms with Gasteiger partial charge in [-0.1, -0.05) is 19.9 Å². The van der Waals surface area contributed by atoms with E-state index in [2.05, 4.69) is 5.32 Å². The summed E-state index contributed by atoms with van der Waals surface area (Å²) in [6, 6.07) is 2.99. The van der Waals surface area contributed by atoms with Crippen molar-refractivity contribution >= 4 is 27.4 Å². The molecule has 0 spiro atoms. The number of anilines is 1. The zero-order chi connectivity index (χ0) is 17.1. The standard InChI is InChI=1S/C15H21NO5S/c1-9(2)7-22(20,21)8-14(17)16-13-6-12(15(18)19)10(3)5-11(13)4/h5-6,9H,7-8H2,1-4H3,(H,16,17)(H,18,19). The Bertz CT molecular complexity index is 692. The molecule has 1 aromatic rings. The Morgan fingerprint density at radius 2 is 1.77 bits per heavy atom. The van der Waals surface area contributed by atoms with E-state index in [0.717, 1.165) is 0 Å². The number of sulfone groups is 1. The third-order valence-electron chi connectivity index (χ3n) is 3.01. The number of carboxylic acid groups (broad SMARTS) is 1. The molecule has 22 heavy (non-hydrogen) atoms. The zero-order valence-corrected chi connectivity index (χ0v) is 14.0. The van der Waals surface area contributed by atoms with Crippen molar-refractivity contribution in [2.75, 3.05) is 16.8 Å². The highest BCUT2D eigenvalue weighted by Gasteiger charge is 2.19. The number of hydrogen-bond donors (Lipinski definition) is 2. The van der Waals surface area contributed by atoms with Crippen LogP contribution >= 0.6 is 0 Å². The van der Waals surface area contributed by atoms with Crippen LogP contribution in [0.5, 0.6) is 0 Å². The van der Waals surface area contributed by atoms with Crippen LogP contribution in [0.2, 0.25) is 0 Å². The van der Waals surface area contributed by atoms with Gasteiger partial charge in [0.15, 0.2) is 9.84 Å². The maximum Gasteiger partial charge on any atom is 0.336 e. The highest BCUT2D eigenvalue weighted by atomic mass is 32.2. The number of amides is 1. The van der Waals surface area contributed by atoms with Gasteiger partial charge < -0.3 is 10.4 Å². The lowest BCUT2D eigenvalue weighted by Crippen LogP contribution is -2.26. The van der Waals surface area contributed by atoms with Gasteiger partial charge in [0.25, 0.3) is 0 Å². The van der Waals surface area contributed by atoms with Gasteiger partial charge in [-0.2, -0.15) is 0 Å². The van der Waals surface area contributed by atoms with E-state index in [1.165, 1.54) is 6.07 Å². The van der Waals surface area contributed by atoms with E-state index in [1.54, 1.807) is 33.8 Å². The summed E-state index contributed by atoms with van der Waals surface area (Å²) in [6.45, 7) is 6.91. The minimum atomic E-state index is -3.48. The summed E-state index contributed by atoms with van der Waals surface area (Å²) in [5.41, 5.74) is 1.64. The molecule has 0 saturated carbocycles. The summed E-state index contributed by atoms with van der Waals surface area (Å²) < 4.78 is 23.6. The van der Waals surface area contributed by atoms with E-state index in [4.69, 9.17) is 5.11 Å². The predicted molar refractivity (Wildman–Crippen MR) is 85.0 cm³/mol. The van der Waals surface area contributed by atoms with Crippen LogP contribution in [0.4, 0.5) is 5.69 Å². The van der Waals surface area contributed by atoms with Gasteiger partial charge in [0, 0.05) is 5.69 Å². The molecule has 0 aliphatic rings. The highest BCUT2D eigenvalue weighted by Crippen LogP contribution is 2.21. The fourth-order valence-electron chi connectivity index (χ4n) is 2.17. The molecular weight excluding hydrogens is 306 g/mol. The Morgan fingerprint density at radius 3 is 2.27 bits per heavy atom. The smallest absolute Gasteiger partial charge is 0.336 e. The third-order valence-corrected chi connectivity index (χ3v) is 4.89. The first-order valence-corrected chi connectivity index (χ1v) is 8.69. The Labute approximate surface area is 130 Å². The first-order chi connectivity index (χ1) is 10.0. The SMILES string of the molecule is Cc1cc(C)c(C(=O)O)cc1NC(=O)CS(=O)(=O)CC(C)C. The van der Waals surface area contributed by atoms with Crippen molar-refractivity contribution in [2.45, 2.75) is 27.7 Å². The van der Waals surface area contributed by atoms with Crippen molar-refractivity contribution < 1.29 is 23.1 Å². The number of aromatic carboxylic acids is 1. The number of hydrogen-bond acceptors (Lipinski definition) is 4. The Hall–Kier alpha value is -1.89. The van der Waals surface area contributed by atoms with Crippen molar-refractivity contribution in [3.8, 4) is 0 Å². The first-order valence-electron chi connectivity index (χ1n) is 6.86. The van der Waals surface area contributed by atoms with Crippen LogP contribution in [-0.4, -0.2) is 36.9 Å². The van der Waals surface area contributed by atoms with Crippen LogP contribution in [-0.2, 0) is 14.6 Å². The summed E-state index contributed by atoms with van der Waals surface area (Å²) >= 11 is 0. The molecule has 0 aliphatic heterocycles. The van der Waals surface area contributed by atoms with Crippen LogP contribution in [0.3, 0.4) is 0 Å². The molecule has 1 amide bonds. The maximum absolute atomic E-state index is 11.9. The minimum absolute atomic E-state index is 0.0578. The van der Waals surface area contributed by atoms with Crippen molar-refractivity contribution in [3.05, 3.63) is 28.8 Å². The third kappa shape index (κ3) is 5.14. The van der Waals surface area contributed by atoms with Crippen molar-refractivity contribution in [3.63, 3.8) is 0 Å². The van der Waals surface area contributed by atoms with E-state index < -0.39 is 27.5 Å². The van der Waals surface area contributed by atoms with E-state index in [-0.39, 0.29) is 17.2 Å². The van der Waals surface area contributed by atoms with Gasteiger partial charge in [-0.3, -0.25) is 4.79 Å². The molecule has 7 heteroatoms. The molecule has 0 saturated heterocycles. The van der Waals surface area contributed by atoms with Crippen LogP contribution in [0.15, 0.2) is 12.1 Å². The highest BCUT2D eigenvalue weighted by molar-refractivity contribution is 7.92. The predicted octanol–water partition coefficient (Wildman–Crippen LogP) is 2.01. The molecule has 0 aliphatic carbocycles. The molecule has 1 rings (SSSR count). The van der Waals surface area contributed by atoms with Crippen molar-refractivity contribution in [1.82, 2.24) is 0 Å². The second-order valence-electron chi connectivity index (χ2n) is 5.78. The van der Waals surface area contributed by atoms with Gasteiger partial charge in [0.1, 0.15) is 5.75 Å². The molecule has 1 aromatic carbocycles. The number of carbonyl (C=O) groups excluding carboxylic acids is 1. The lowest BCUT2D eigenvalue weighted by atomic mass is 10.0. The van der Waals surface area contributed by atoms with Crippen LogP contribution < -0.4 is 5.32 Å². The van der Waals surface area contributed by atoms with Gasteiger partial charge >= 0.3 is 5.97 Å². The number of benzene rings is 1. The quantitative estimate of drug-likeness (QED) is 0.832. The van der Waals surface area contributed by atoms with Gasteiger partial charge in [0.2, 0.25) is 5.91 Å². The molecule has 0 bridgehead atoms. The second kappa shape index (κ2) is 6.91. The number of nitrogens with one attached hydrogen (secondary N) is 1. The molecule has 0 atom stereocenters. The van der Waals surface area contributed by atoms with Gasteiger partial charge in [-0.05, 0) is 37.0 Å². The first kappa shape index (κ1) is 18.2. The summed E-state index contributed by atoms with van der Waals surface area (Å²) in [7, 11) is -3.48. The number of rotatable bonds is 6. The van der Waals surface area contributed by atoms with Gasteiger partial charge in [-0.25, -0.2) is 13.2 Å². The van der Waals surface area contributed by atoms with Crippen molar-refractivity contribution in [2.24, 2.45) is 5.92 Å². The average Bonchev–Trinajstić information content (AvgIpc) is 2.29. The van der Waals surface area contributed by atoms with E-state index >= 15 is 0 Å². The van der Waals surface area contributed by atoms with Crippen molar-refractivity contribution in [1.29, 1.82) is 0 Å². The fraction of sp³-hybridized carbons (Fsp3) is 0.467. The molecular formula is C15H21NO5S. The molecule has 0 unspecified atom stereocenters. The Kier molecular flexibility index (Phi) is 5.71. The molecule has 0 radical (unpaired) electrons. The van der Waals surface area contributed by atoms with Gasteiger partial charge in [0.05, 0.1) is 11.3 Å². The normalized spacial score (nSPS) is 11.5. The average molecular weight is 327 g/mol. The topological polar surface area (TPSA) is 101 Å². The second-order valence-corrected chi connectivity index (χ2v) is 7.89. The van der Waals surface area contributed by atoms with Crippen LogP contribution in [0.25, 0.3) is 0 Å². The zero-order valence-electron chi connectivity index (χ0n) is 13.1. The fourth-order valence-corrected chi connectivity index (χ4v) is 3.78. The van der Waals surface area contributed by atoms with Crippen LogP contribution in [0.1, 0.15) is 35.3 Å². The maximum atomic E-state index is 11.9. The molecule has 2 N–H and O–H groups in total. The van der Waals surface area contributed by atoms with E-state index in [9.17, 15) is 18.0 Å². The molecule has 0 fully saturated rings. The number of carboxylic acids is 1. The number of carbonyl (C=O) groups is 2. The summed E-state index contributed by atoms with van der Waals surface area (Å²) in [5.74, 6) is -2.49. The summed E-state index contributed by atoms with van der Waals surface area (Å²) in [6.07, 6.45) is 0. The summed E-state index contributed by atoms with van der Waals surface area (Å²) in [5, 5.41) is 11.6. The van der Waals surface area contributed by atoms with E-state index in [1.807, 2.05) is 0 Å². The molecule has 0 heterocycles. The summed E-state index contributed by atoms with van der Waals surface area (Å²) in [4.78, 5) is 23.0. The molecule has 122 valence electrons. The molecule has 0 aromatic heterocycles. The largest absolute Gasteiger partial charge is 0.478 e. The van der Waals surface area contributed by atoms with Gasteiger partial charge in [-0.15, -0.1) is 0 Å². The lowest BCUT2D eigenvalue weighted by Gasteiger charge is -2.12. The van der Waals surface area contributed by atoms with Crippen LogP contribution in [0, 0.1) is 19.8 Å². The Balaban J connectivity index is 2.94.